The number of nitrogens with one attached hydrogen (secondary N) is 1. The Labute approximate surface area is 198 Å². The first-order valence-corrected chi connectivity index (χ1v) is 11.5. The Kier molecular flexibility index (Phi) is 5.52. The maximum absolute atomic E-state index is 13.8. The third-order valence-electron chi connectivity index (χ3n) is 7.10. The molecule has 1 amide bonds. The number of ether oxygens (including phenoxy) is 2. The number of methoxy groups -OCH3 is 1. The highest BCUT2D eigenvalue weighted by Crippen LogP contribution is 2.46. The number of amides is 1. The summed E-state index contributed by atoms with van der Waals surface area (Å²) in [6, 6.07) is 20.1. The molecule has 1 aliphatic carbocycles. The molecule has 1 heterocycles. The van der Waals surface area contributed by atoms with E-state index >= 15 is 0 Å². The quantitative estimate of drug-likeness (QED) is 0.565. The summed E-state index contributed by atoms with van der Waals surface area (Å²) >= 11 is 0. The molecule has 0 saturated heterocycles. The maximum atomic E-state index is 13.8. The van der Waals surface area contributed by atoms with E-state index in [-0.39, 0.29) is 23.6 Å². The molecule has 6 heteroatoms. The summed E-state index contributed by atoms with van der Waals surface area (Å²) in [7, 11) is 1.64. The number of aryl methyl sites for hydroxylation is 1. The van der Waals surface area contributed by atoms with Gasteiger partial charge in [-0.3, -0.25) is 4.79 Å². The lowest BCUT2D eigenvalue weighted by Gasteiger charge is -2.35. The minimum Gasteiger partial charge on any atom is -0.496 e. The first kappa shape index (κ1) is 22.0. The lowest BCUT2D eigenvalue weighted by atomic mass is 9.81. The molecule has 3 aromatic carbocycles. The molecular weight excluding hydrogens is 430 g/mol. The summed E-state index contributed by atoms with van der Waals surface area (Å²) < 4.78 is 11.9. The number of carbonyl (C=O) groups is 2. The molecule has 34 heavy (non-hydrogen) atoms. The van der Waals surface area contributed by atoms with Crippen molar-refractivity contribution in [2.75, 3.05) is 7.11 Å². The standard InChI is InChI=1S/C28H27NO5/c1-28(14-13-17-7-6-12-23(33-2)25(17)28)27(32)29-21-16-24(34-22-11-4-3-10-20(21)22)18-8-5-9-19(15-18)26(30)31/h3-12,15,21,24H,13-14,16H2,1-2H3,(H,29,32)(H,30,31)/t21-,24-,28+/m1/s1. The number of benzene rings is 3. The van der Waals surface area contributed by atoms with E-state index in [2.05, 4.69) is 11.4 Å². The van der Waals surface area contributed by atoms with Crippen LogP contribution in [0.4, 0.5) is 0 Å². The fourth-order valence-corrected chi connectivity index (χ4v) is 5.27. The van der Waals surface area contributed by atoms with Crippen LogP contribution < -0.4 is 14.8 Å². The summed E-state index contributed by atoms with van der Waals surface area (Å²) in [5.74, 6) is 0.405. The topological polar surface area (TPSA) is 84.9 Å². The van der Waals surface area contributed by atoms with Crippen LogP contribution in [0.3, 0.4) is 0 Å². The van der Waals surface area contributed by atoms with Gasteiger partial charge >= 0.3 is 5.97 Å². The summed E-state index contributed by atoms with van der Waals surface area (Å²) in [6.07, 6.45) is 1.66. The number of hydrogen-bond donors (Lipinski definition) is 2. The second kappa shape index (κ2) is 8.52. The lowest BCUT2D eigenvalue weighted by Crippen LogP contribution is -2.44. The van der Waals surface area contributed by atoms with Crippen LogP contribution in [0.2, 0.25) is 0 Å². The van der Waals surface area contributed by atoms with Gasteiger partial charge in [-0.1, -0.05) is 42.5 Å². The van der Waals surface area contributed by atoms with Gasteiger partial charge in [0.25, 0.3) is 0 Å². The van der Waals surface area contributed by atoms with Crippen molar-refractivity contribution in [3.63, 3.8) is 0 Å². The van der Waals surface area contributed by atoms with Gasteiger partial charge in [-0.15, -0.1) is 0 Å². The first-order valence-electron chi connectivity index (χ1n) is 11.5. The Bertz CT molecular complexity index is 1270. The van der Waals surface area contributed by atoms with E-state index in [1.807, 2.05) is 49.4 Å². The summed E-state index contributed by atoms with van der Waals surface area (Å²) in [6.45, 7) is 1.98. The molecule has 0 spiro atoms. The van der Waals surface area contributed by atoms with Crippen molar-refractivity contribution in [2.45, 2.75) is 43.7 Å². The summed E-state index contributed by atoms with van der Waals surface area (Å²) in [4.78, 5) is 25.2. The SMILES string of the molecule is COc1cccc2c1[C@@](C)(C(=O)N[C@@H]1C[C@H](c3cccc(C(=O)O)c3)Oc3ccccc31)CC2. The number of carbonyl (C=O) groups excluding carboxylic acids is 1. The van der Waals surface area contributed by atoms with Gasteiger partial charge in [-0.2, -0.15) is 0 Å². The van der Waals surface area contributed by atoms with E-state index in [9.17, 15) is 14.7 Å². The summed E-state index contributed by atoms with van der Waals surface area (Å²) in [5, 5.41) is 12.7. The van der Waals surface area contributed by atoms with Crippen LogP contribution in [0, 0.1) is 0 Å². The number of carboxylic acids is 1. The normalized spacial score (nSPS) is 22.8. The van der Waals surface area contributed by atoms with E-state index in [0.717, 1.165) is 34.4 Å². The zero-order valence-electron chi connectivity index (χ0n) is 19.2. The van der Waals surface area contributed by atoms with Crippen LogP contribution in [0.1, 0.15) is 64.5 Å². The number of para-hydroxylation sites is 1. The third kappa shape index (κ3) is 3.69. The zero-order chi connectivity index (χ0) is 23.9. The molecule has 0 unspecified atom stereocenters. The molecule has 6 nitrogen and oxygen atoms in total. The minimum absolute atomic E-state index is 0.0458. The van der Waals surface area contributed by atoms with Gasteiger partial charge in [-0.05, 0) is 55.2 Å². The predicted molar refractivity (Wildman–Crippen MR) is 127 cm³/mol. The van der Waals surface area contributed by atoms with Crippen LogP contribution in [-0.2, 0) is 16.6 Å². The number of rotatable bonds is 5. The average Bonchev–Trinajstić information content (AvgIpc) is 3.22. The Hall–Kier alpha value is -3.80. The second-order valence-corrected chi connectivity index (χ2v) is 9.16. The smallest absolute Gasteiger partial charge is 0.335 e. The molecule has 0 bridgehead atoms. The van der Waals surface area contributed by atoms with Crippen LogP contribution in [0.25, 0.3) is 0 Å². The molecule has 0 fully saturated rings. The van der Waals surface area contributed by atoms with Gasteiger partial charge in [-0.25, -0.2) is 4.79 Å². The highest BCUT2D eigenvalue weighted by atomic mass is 16.5. The number of hydrogen-bond acceptors (Lipinski definition) is 4. The highest BCUT2D eigenvalue weighted by molar-refractivity contribution is 5.90. The second-order valence-electron chi connectivity index (χ2n) is 9.16. The van der Waals surface area contributed by atoms with E-state index in [1.54, 1.807) is 25.3 Å². The van der Waals surface area contributed by atoms with Gasteiger partial charge in [0.05, 0.1) is 24.1 Å². The molecule has 5 rings (SSSR count). The Morgan fingerprint density at radius 3 is 2.68 bits per heavy atom. The maximum Gasteiger partial charge on any atom is 0.335 e. The average molecular weight is 458 g/mol. The van der Waals surface area contributed by atoms with Gasteiger partial charge in [0.1, 0.15) is 17.6 Å². The number of fused-ring (bicyclic) bond motifs is 2. The Morgan fingerprint density at radius 2 is 1.88 bits per heavy atom. The predicted octanol–water partition coefficient (Wildman–Crippen LogP) is 4.98. The Balaban J connectivity index is 1.46. The fourth-order valence-electron chi connectivity index (χ4n) is 5.27. The van der Waals surface area contributed by atoms with Gasteiger partial charge in [0.15, 0.2) is 0 Å². The van der Waals surface area contributed by atoms with Gasteiger partial charge in [0, 0.05) is 17.5 Å². The van der Waals surface area contributed by atoms with Crippen molar-refractivity contribution in [1.29, 1.82) is 0 Å². The molecule has 0 radical (unpaired) electrons. The van der Waals surface area contributed by atoms with Crippen LogP contribution in [0.5, 0.6) is 11.5 Å². The number of carboxylic acid groups (broad SMARTS) is 1. The molecule has 2 aliphatic rings. The molecule has 0 aromatic heterocycles. The van der Waals surface area contributed by atoms with Gasteiger partial charge in [0.2, 0.25) is 5.91 Å². The minimum atomic E-state index is -0.982. The van der Waals surface area contributed by atoms with E-state index in [4.69, 9.17) is 9.47 Å². The monoisotopic (exact) mass is 457 g/mol. The zero-order valence-corrected chi connectivity index (χ0v) is 19.2. The largest absolute Gasteiger partial charge is 0.496 e. The molecule has 2 N–H and O–H groups in total. The van der Waals surface area contributed by atoms with Crippen molar-refractivity contribution in [2.24, 2.45) is 0 Å². The number of aromatic carboxylic acids is 1. The van der Waals surface area contributed by atoms with E-state index < -0.39 is 11.4 Å². The molecule has 3 atom stereocenters. The Morgan fingerprint density at radius 1 is 1.09 bits per heavy atom. The van der Waals surface area contributed by atoms with Crippen LogP contribution in [-0.4, -0.2) is 24.1 Å². The summed E-state index contributed by atoms with van der Waals surface area (Å²) in [5.41, 5.74) is 3.31. The van der Waals surface area contributed by atoms with Crippen molar-refractivity contribution in [1.82, 2.24) is 5.32 Å². The molecule has 0 saturated carbocycles. The lowest BCUT2D eigenvalue weighted by molar-refractivity contribution is -0.127. The van der Waals surface area contributed by atoms with E-state index in [0.29, 0.717) is 18.6 Å². The molecule has 1 aliphatic heterocycles. The van der Waals surface area contributed by atoms with Crippen LogP contribution in [0.15, 0.2) is 66.7 Å². The first-order chi connectivity index (χ1) is 16.4. The van der Waals surface area contributed by atoms with Crippen molar-refractivity contribution in [3.8, 4) is 11.5 Å². The van der Waals surface area contributed by atoms with Crippen molar-refractivity contribution in [3.05, 3.63) is 94.5 Å². The van der Waals surface area contributed by atoms with Crippen LogP contribution >= 0.6 is 0 Å². The van der Waals surface area contributed by atoms with Crippen molar-refractivity contribution < 1.29 is 24.2 Å². The molecular formula is C28H27NO5. The van der Waals surface area contributed by atoms with Crippen molar-refractivity contribution >= 4 is 11.9 Å². The fraction of sp³-hybridized carbons (Fsp3) is 0.286. The van der Waals surface area contributed by atoms with Gasteiger partial charge < -0.3 is 19.9 Å². The molecule has 3 aromatic rings. The highest BCUT2D eigenvalue weighted by Gasteiger charge is 2.44. The third-order valence-corrected chi connectivity index (χ3v) is 7.10. The van der Waals surface area contributed by atoms with E-state index in [1.165, 1.54) is 0 Å². The molecule has 174 valence electrons.